The second-order valence-corrected chi connectivity index (χ2v) is 6.36. The van der Waals surface area contributed by atoms with Gasteiger partial charge in [0, 0.05) is 15.6 Å². The minimum Gasteiger partial charge on any atom is -0.348 e. The Kier molecular flexibility index (Phi) is 6.23. The third kappa shape index (κ3) is 4.98. The zero-order chi connectivity index (χ0) is 17.7. The van der Waals surface area contributed by atoms with Gasteiger partial charge >= 0.3 is 0 Å². The molecule has 0 aliphatic rings. The molecule has 0 fully saturated rings. The Labute approximate surface area is 151 Å². The average molecular weight is 365 g/mol. The molecule has 0 heterocycles. The molecule has 0 spiro atoms. The zero-order valence-electron chi connectivity index (χ0n) is 13.3. The van der Waals surface area contributed by atoms with E-state index in [1.54, 1.807) is 43.3 Å². The summed E-state index contributed by atoms with van der Waals surface area (Å²) in [6.07, 6.45) is 0. The fourth-order valence-corrected chi connectivity index (χ4v) is 2.47. The molecule has 0 aliphatic heterocycles. The fraction of sp³-hybridized carbons (Fsp3) is 0.222. The normalized spacial score (nSPS) is 13.0. The highest BCUT2D eigenvalue weighted by molar-refractivity contribution is 6.30. The van der Waals surface area contributed by atoms with Crippen LogP contribution in [0.4, 0.5) is 0 Å². The Morgan fingerprint density at radius 1 is 0.917 bits per heavy atom. The van der Waals surface area contributed by atoms with Crippen LogP contribution >= 0.6 is 23.2 Å². The van der Waals surface area contributed by atoms with Crippen LogP contribution in [0.1, 0.15) is 35.8 Å². The molecule has 2 N–H and O–H groups in total. The lowest BCUT2D eigenvalue weighted by atomic mass is 10.1. The van der Waals surface area contributed by atoms with Gasteiger partial charge in [-0.3, -0.25) is 9.59 Å². The molecular weight excluding hydrogens is 347 g/mol. The van der Waals surface area contributed by atoms with Crippen molar-refractivity contribution in [2.75, 3.05) is 0 Å². The maximum Gasteiger partial charge on any atom is 0.251 e. The van der Waals surface area contributed by atoms with Gasteiger partial charge in [-0.1, -0.05) is 35.3 Å². The maximum atomic E-state index is 12.3. The van der Waals surface area contributed by atoms with Crippen LogP contribution in [0.5, 0.6) is 0 Å². The number of carbonyl (C=O) groups is 2. The van der Waals surface area contributed by atoms with Gasteiger partial charge in [-0.15, -0.1) is 0 Å². The SMILES string of the molecule is CC(NC(=O)c1ccc(Cl)cc1)C(=O)NC(C)c1cccc(Cl)c1. The van der Waals surface area contributed by atoms with Crippen LogP contribution in [0.25, 0.3) is 0 Å². The van der Waals surface area contributed by atoms with Crippen molar-refractivity contribution in [1.82, 2.24) is 10.6 Å². The van der Waals surface area contributed by atoms with E-state index in [1.807, 2.05) is 19.1 Å². The summed E-state index contributed by atoms with van der Waals surface area (Å²) in [5.41, 5.74) is 1.34. The number of carbonyl (C=O) groups excluding carboxylic acids is 2. The van der Waals surface area contributed by atoms with E-state index in [0.29, 0.717) is 15.6 Å². The molecule has 24 heavy (non-hydrogen) atoms. The Morgan fingerprint density at radius 3 is 2.21 bits per heavy atom. The monoisotopic (exact) mass is 364 g/mol. The summed E-state index contributed by atoms with van der Waals surface area (Å²) < 4.78 is 0. The molecule has 0 bridgehead atoms. The van der Waals surface area contributed by atoms with E-state index in [9.17, 15) is 9.59 Å². The predicted octanol–water partition coefficient (Wildman–Crippen LogP) is 3.99. The Morgan fingerprint density at radius 2 is 1.58 bits per heavy atom. The molecule has 0 saturated carbocycles. The molecule has 2 aromatic rings. The Bertz CT molecular complexity index is 732. The summed E-state index contributed by atoms with van der Waals surface area (Å²) in [6, 6.07) is 12.9. The first-order valence-electron chi connectivity index (χ1n) is 7.49. The van der Waals surface area contributed by atoms with E-state index in [0.717, 1.165) is 5.56 Å². The van der Waals surface area contributed by atoms with Gasteiger partial charge in [0.25, 0.3) is 5.91 Å². The van der Waals surface area contributed by atoms with Crippen LogP contribution in [0, 0.1) is 0 Å². The van der Waals surface area contributed by atoms with Gasteiger partial charge in [0.2, 0.25) is 5.91 Å². The van der Waals surface area contributed by atoms with Gasteiger partial charge in [0.15, 0.2) is 0 Å². The van der Waals surface area contributed by atoms with E-state index in [1.165, 1.54) is 0 Å². The minimum atomic E-state index is -0.671. The van der Waals surface area contributed by atoms with Crippen molar-refractivity contribution in [3.63, 3.8) is 0 Å². The largest absolute Gasteiger partial charge is 0.348 e. The quantitative estimate of drug-likeness (QED) is 0.842. The Balaban J connectivity index is 1.94. The zero-order valence-corrected chi connectivity index (χ0v) is 14.9. The lowest BCUT2D eigenvalue weighted by molar-refractivity contribution is -0.123. The highest BCUT2D eigenvalue weighted by atomic mass is 35.5. The summed E-state index contributed by atoms with van der Waals surface area (Å²) in [5.74, 6) is -0.602. The standard InChI is InChI=1S/C18H18Cl2N2O2/c1-11(14-4-3-5-16(20)10-14)21-17(23)12(2)22-18(24)13-6-8-15(19)9-7-13/h3-12H,1-2H3,(H,21,23)(H,22,24). The average Bonchev–Trinajstić information content (AvgIpc) is 2.55. The molecule has 0 aromatic heterocycles. The predicted molar refractivity (Wildman–Crippen MR) is 96.4 cm³/mol. The van der Waals surface area contributed by atoms with E-state index in [4.69, 9.17) is 23.2 Å². The summed E-state index contributed by atoms with van der Waals surface area (Å²) in [4.78, 5) is 24.4. The van der Waals surface area contributed by atoms with Crippen LogP contribution in [-0.4, -0.2) is 17.9 Å². The van der Waals surface area contributed by atoms with Crippen molar-refractivity contribution >= 4 is 35.0 Å². The lowest BCUT2D eigenvalue weighted by Gasteiger charge is -2.19. The van der Waals surface area contributed by atoms with Crippen molar-refractivity contribution in [1.29, 1.82) is 0 Å². The number of benzene rings is 2. The van der Waals surface area contributed by atoms with Gasteiger partial charge in [-0.05, 0) is 55.8 Å². The fourth-order valence-electron chi connectivity index (χ4n) is 2.14. The molecule has 0 radical (unpaired) electrons. The molecule has 2 unspecified atom stereocenters. The maximum absolute atomic E-state index is 12.3. The number of amides is 2. The molecule has 2 atom stereocenters. The highest BCUT2D eigenvalue weighted by Gasteiger charge is 2.19. The van der Waals surface area contributed by atoms with Crippen LogP contribution in [0.15, 0.2) is 48.5 Å². The van der Waals surface area contributed by atoms with E-state index in [-0.39, 0.29) is 17.9 Å². The van der Waals surface area contributed by atoms with Crippen molar-refractivity contribution in [3.05, 3.63) is 69.7 Å². The molecule has 2 amide bonds. The van der Waals surface area contributed by atoms with Gasteiger partial charge < -0.3 is 10.6 Å². The second-order valence-electron chi connectivity index (χ2n) is 5.49. The Hall–Kier alpha value is -2.04. The first-order chi connectivity index (χ1) is 11.4. The van der Waals surface area contributed by atoms with E-state index < -0.39 is 6.04 Å². The first kappa shape index (κ1) is 18.3. The molecule has 0 saturated heterocycles. The van der Waals surface area contributed by atoms with E-state index >= 15 is 0 Å². The minimum absolute atomic E-state index is 0.217. The number of rotatable bonds is 5. The van der Waals surface area contributed by atoms with Crippen LogP contribution in [-0.2, 0) is 4.79 Å². The van der Waals surface area contributed by atoms with Crippen LogP contribution < -0.4 is 10.6 Å². The molecule has 4 nitrogen and oxygen atoms in total. The summed E-state index contributed by atoms with van der Waals surface area (Å²) >= 11 is 11.8. The number of nitrogens with one attached hydrogen (secondary N) is 2. The summed E-state index contributed by atoms with van der Waals surface area (Å²) in [6.45, 7) is 3.49. The van der Waals surface area contributed by atoms with Gasteiger partial charge in [-0.2, -0.15) is 0 Å². The lowest BCUT2D eigenvalue weighted by Crippen LogP contribution is -2.45. The summed E-state index contributed by atoms with van der Waals surface area (Å²) in [7, 11) is 0. The molecule has 126 valence electrons. The van der Waals surface area contributed by atoms with Crippen molar-refractivity contribution < 1.29 is 9.59 Å². The van der Waals surface area contributed by atoms with Gasteiger partial charge in [0.05, 0.1) is 6.04 Å². The second kappa shape index (κ2) is 8.18. The third-order valence-electron chi connectivity index (χ3n) is 3.55. The first-order valence-corrected chi connectivity index (χ1v) is 8.24. The molecule has 0 aliphatic carbocycles. The third-order valence-corrected chi connectivity index (χ3v) is 4.04. The van der Waals surface area contributed by atoms with Gasteiger partial charge in [-0.25, -0.2) is 0 Å². The van der Waals surface area contributed by atoms with Crippen molar-refractivity contribution in [3.8, 4) is 0 Å². The number of halogens is 2. The summed E-state index contributed by atoms with van der Waals surface area (Å²) in [5, 5.41) is 6.68. The number of hydrogen-bond donors (Lipinski definition) is 2. The van der Waals surface area contributed by atoms with Crippen molar-refractivity contribution in [2.24, 2.45) is 0 Å². The molecule has 2 aromatic carbocycles. The topological polar surface area (TPSA) is 58.2 Å². The highest BCUT2D eigenvalue weighted by Crippen LogP contribution is 2.17. The smallest absolute Gasteiger partial charge is 0.251 e. The molecule has 6 heteroatoms. The van der Waals surface area contributed by atoms with Crippen molar-refractivity contribution in [2.45, 2.75) is 25.9 Å². The van der Waals surface area contributed by atoms with Crippen LogP contribution in [0.2, 0.25) is 10.0 Å². The van der Waals surface area contributed by atoms with Crippen LogP contribution in [0.3, 0.4) is 0 Å². The molecular formula is C18H18Cl2N2O2. The number of hydrogen-bond acceptors (Lipinski definition) is 2. The van der Waals surface area contributed by atoms with E-state index in [2.05, 4.69) is 10.6 Å². The molecule has 2 rings (SSSR count). The van der Waals surface area contributed by atoms with Gasteiger partial charge in [0.1, 0.15) is 6.04 Å².